The molecule has 1 atom stereocenters. The minimum atomic E-state index is -1.16. The summed E-state index contributed by atoms with van der Waals surface area (Å²) in [5.74, 6) is 0.347. The molecule has 112 valence electrons. The van der Waals surface area contributed by atoms with Crippen LogP contribution in [0, 0.1) is 6.92 Å². The van der Waals surface area contributed by atoms with Crippen molar-refractivity contribution < 1.29 is 14.6 Å². The van der Waals surface area contributed by atoms with Crippen molar-refractivity contribution in [2.45, 2.75) is 19.6 Å². The Morgan fingerprint density at radius 3 is 2.81 bits per heavy atom. The van der Waals surface area contributed by atoms with Crippen molar-refractivity contribution in [1.82, 2.24) is 4.90 Å². The van der Waals surface area contributed by atoms with Gasteiger partial charge in [-0.15, -0.1) is 0 Å². The largest absolute Gasteiger partial charge is 0.490 e. The molecule has 4 nitrogen and oxygen atoms in total. The second-order valence-corrected chi connectivity index (χ2v) is 5.70. The number of para-hydroxylation sites is 1. The number of carbonyl (C=O) groups is 1. The zero-order valence-corrected chi connectivity index (χ0v) is 13.0. The topological polar surface area (TPSA) is 49.8 Å². The Hall–Kier alpha value is -1.85. The highest BCUT2D eigenvalue weighted by Crippen LogP contribution is 2.16. The first kappa shape index (κ1) is 15.5. The fraction of sp³-hybridized carbons (Fsp3) is 0.312. The molecule has 0 bridgehead atoms. The van der Waals surface area contributed by atoms with Gasteiger partial charge in [0.15, 0.2) is 6.10 Å². The maximum Gasteiger partial charge on any atom is 0.255 e. The van der Waals surface area contributed by atoms with Crippen molar-refractivity contribution in [3.05, 3.63) is 52.2 Å². The fourth-order valence-corrected chi connectivity index (χ4v) is 2.61. The molecular formula is C16H19NO3S. The molecule has 0 aliphatic heterocycles. The van der Waals surface area contributed by atoms with Crippen LogP contribution >= 0.6 is 11.3 Å². The predicted octanol–water partition coefficient (Wildman–Crippen LogP) is 2.45. The minimum Gasteiger partial charge on any atom is -0.490 e. The number of carbonyl (C=O) groups excluding carboxylic acids is 1. The van der Waals surface area contributed by atoms with Crippen molar-refractivity contribution in [3.8, 4) is 5.75 Å². The summed E-state index contributed by atoms with van der Waals surface area (Å²) in [7, 11) is 1.68. The number of likely N-dealkylation sites (N-methyl/N-ethyl adjacent to an activating group) is 1. The van der Waals surface area contributed by atoms with Gasteiger partial charge in [-0.3, -0.25) is 4.79 Å². The number of hydrogen-bond donors (Lipinski definition) is 1. The van der Waals surface area contributed by atoms with E-state index in [4.69, 9.17) is 4.74 Å². The number of ether oxygens (including phenoxy) is 1. The summed E-state index contributed by atoms with van der Waals surface area (Å²) in [6.45, 7) is 2.37. The first-order valence-corrected chi connectivity index (χ1v) is 7.64. The Morgan fingerprint density at radius 1 is 1.38 bits per heavy atom. The molecule has 1 heterocycles. The third-order valence-electron chi connectivity index (χ3n) is 3.15. The summed E-state index contributed by atoms with van der Waals surface area (Å²) >= 11 is 1.59. The smallest absolute Gasteiger partial charge is 0.255 e. The average Bonchev–Trinajstić information content (AvgIpc) is 2.98. The molecular weight excluding hydrogens is 286 g/mol. The van der Waals surface area contributed by atoms with Gasteiger partial charge in [-0.25, -0.2) is 0 Å². The van der Waals surface area contributed by atoms with E-state index in [0.29, 0.717) is 12.3 Å². The Morgan fingerprint density at radius 2 is 2.14 bits per heavy atom. The lowest BCUT2D eigenvalue weighted by molar-refractivity contribution is -0.140. The maximum absolute atomic E-state index is 12.1. The molecule has 1 N–H and O–H groups in total. The van der Waals surface area contributed by atoms with Crippen LogP contribution in [0.4, 0.5) is 0 Å². The molecule has 2 rings (SSSR count). The number of thiophene rings is 1. The van der Waals surface area contributed by atoms with Crippen LogP contribution in [0.15, 0.2) is 41.1 Å². The van der Waals surface area contributed by atoms with Crippen molar-refractivity contribution in [1.29, 1.82) is 0 Å². The quantitative estimate of drug-likeness (QED) is 0.892. The summed E-state index contributed by atoms with van der Waals surface area (Å²) in [4.78, 5) is 13.6. The van der Waals surface area contributed by atoms with E-state index in [9.17, 15) is 9.90 Å². The van der Waals surface area contributed by atoms with Crippen LogP contribution in [0.1, 0.15) is 11.1 Å². The summed E-state index contributed by atoms with van der Waals surface area (Å²) in [5.41, 5.74) is 2.03. The fourth-order valence-electron chi connectivity index (χ4n) is 1.95. The number of benzene rings is 1. The molecule has 21 heavy (non-hydrogen) atoms. The Labute approximate surface area is 128 Å². The first-order valence-electron chi connectivity index (χ1n) is 6.70. The van der Waals surface area contributed by atoms with Crippen LogP contribution < -0.4 is 4.74 Å². The first-order chi connectivity index (χ1) is 10.1. The van der Waals surface area contributed by atoms with Crippen LogP contribution in [0.3, 0.4) is 0 Å². The van der Waals surface area contributed by atoms with Crippen molar-refractivity contribution in [2.75, 3.05) is 13.7 Å². The van der Waals surface area contributed by atoms with Gasteiger partial charge in [-0.05, 0) is 40.9 Å². The SMILES string of the molecule is Cc1ccccc1OCC(O)C(=O)N(C)Cc1ccsc1. The second kappa shape index (κ2) is 7.24. The number of hydrogen-bond acceptors (Lipinski definition) is 4. The van der Waals surface area contributed by atoms with E-state index in [0.717, 1.165) is 11.1 Å². The lowest BCUT2D eigenvalue weighted by atomic mass is 10.2. The Balaban J connectivity index is 1.86. The number of nitrogens with zero attached hydrogens (tertiary/aromatic N) is 1. The van der Waals surface area contributed by atoms with Crippen LogP contribution in [0.25, 0.3) is 0 Å². The Kier molecular flexibility index (Phi) is 5.36. The third kappa shape index (κ3) is 4.31. The van der Waals surface area contributed by atoms with Gasteiger partial charge >= 0.3 is 0 Å². The highest BCUT2D eigenvalue weighted by atomic mass is 32.1. The molecule has 0 saturated carbocycles. The molecule has 1 aromatic heterocycles. The number of rotatable bonds is 6. The highest BCUT2D eigenvalue weighted by molar-refractivity contribution is 7.07. The van der Waals surface area contributed by atoms with Crippen LogP contribution in [0.5, 0.6) is 5.75 Å². The molecule has 2 aromatic rings. The van der Waals surface area contributed by atoms with Gasteiger partial charge in [-0.2, -0.15) is 11.3 Å². The number of aryl methyl sites for hydroxylation is 1. The lowest BCUT2D eigenvalue weighted by Gasteiger charge is -2.20. The summed E-state index contributed by atoms with van der Waals surface area (Å²) < 4.78 is 5.51. The highest BCUT2D eigenvalue weighted by Gasteiger charge is 2.20. The monoisotopic (exact) mass is 305 g/mol. The summed E-state index contributed by atoms with van der Waals surface area (Å²) in [6.07, 6.45) is -1.16. The standard InChI is InChI=1S/C16H19NO3S/c1-12-5-3-4-6-15(12)20-10-14(18)16(19)17(2)9-13-7-8-21-11-13/h3-8,11,14,18H,9-10H2,1-2H3. The van der Waals surface area contributed by atoms with E-state index < -0.39 is 6.10 Å². The molecule has 1 amide bonds. The van der Waals surface area contributed by atoms with Gasteiger partial charge in [-0.1, -0.05) is 18.2 Å². The third-order valence-corrected chi connectivity index (χ3v) is 3.88. The normalized spacial score (nSPS) is 12.0. The van der Waals surface area contributed by atoms with Gasteiger partial charge in [0.25, 0.3) is 5.91 Å². The Bertz CT molecular complexity index is 583. The van der Waals surface area contributed by atoms with E-state index in [1.807, 2.05) is 48.0 Å². The van der Waals surface area contributed by atoms with Crippen molar-refractivity contribution in [3.63, 3.8) is 0 Å². The summed E-state index contributed by atoms with van der Waals surface area (Å²) in [6, 6.07) is 9.48. The predicted molar refractivity (Wildman–Crippen MR) is 83.5 cm³/mol. The number of aliphatic hydroxyl groups excluding tert-OH is 1. The number of aliphatic hydroxyl groups is 1. The molecule has 0 radical (unpaired) electrons. The minimum absolute atomic E-state index is 0.0440. The second-order valence-electron chi connectivity index (χ2n) is 4.92. The van der Waals surface area contributed by atoms with Gasteiger partial charge in [0.2, 0.25) is 0 Å². The molecule has 0 fully saturated rings. The zero-order valence-electron chi connectivity index (χ0n) is 12.2. The van der Waals surface area contributed by atoms with Crippen LogP contribution in [-0.4, -0.2) is 35.7 Å². The molecule has 1 unspecified atom stereocenters. The van der Waals surface area contributed by atoms with Crippen molar-refractivity contribution >= 4 is 17.2 Å². The van der Waals surface area contributed by atoms with Crippen LogP contribution in [0.2, 0.25) is 0 Å². The van der Waals surface area contributed by atoms with Crippen molar-refractivity contribution in [2.24, 2.45) is 0 Å². The molecule has 5 heteroatoms. The van der Waals surface area contributed by atoms with E-state index in [2.05, 4.69) is 0 Å². The van der Waals surface area contributed by atoms with E-state index in [1.54, 1.807) is 18.4 Å². The van der Waals surface area contributed by atoms with Gasteiger partial charge in [0, 0.05) is 13.6 Å². The number of amides is 1. The van der Waals surface area contributed by atoms with Gasteiger partial charge in [0.05, 0.1) is 0 Å². The molecule has 0 aliphatic carbocycles. The van der Waals surface area contributed by atoms with E-state index >= 15 is 0 Å². The zero-order chi connectivity index (χ0) is 15.2. The molecule has 0 spiro atoms. The van der Waals surface area contributed by atoms with E-state index in [-0.39, 0.29) is 12.5 Å². The summed E-state index contributed by atoms with van der Waals surface area (Å²) in [5, 5.41) is 13.9. The van der Waals surface area contributed by atoms with Crippen LogP contribution in [-0.2, 0) is 11.3 Å². The van der Waals surface area contributed by atoms with Gasteiger partial charge in [0.1, 0.15) is 12.4 Å². The average molecular weight is 305 g/mol. The molecule has 1 aromatic carbocycles. The van der Waals surface area contributed by atoms with E-state index in [1.165, 1.54) is 4.90 Å². The molecule has 0 aliphatic rings. The molecule has 0 saturated heterocycles. The lowest BCUT2D eigenvalue weighted by Crippen LogP contribution is -2.39. The van der Waals surface area contributed by atoms with Gasteiger partial charge < -0.3 is 14.7 Å². The maximum atomic E-state index is 12.1.